The number of nitrogens with zero attached hydrogens (tertiary/aromatic N) is 2. The van der Waals surface area contributed by atoms with Gasteiger partial charge >= 0.3 is 6.18 Å². The highest BCUT2D eigenvalue weighted by molar-refractivity contribution is 5.95. The number of carbonyl (C=O) groups is 2. The molecule has 1 N–H and O–H groups in total. The maximum Gasteiger partial charge on any atom is 0.416 e. The SMILES string of the molecule is Cc1cccc(C)c1NC(=O)CN(C)C(=O)CN(C)Cc1ccc(C(F)(F)F)cc1. The molecule has 0 atom stereocenters. The average Bonchev–Trinajstić information content (AvgIpc) is 2.64. The van der Waals surface area contributed by atoms with Crippen molar-refractivity contribution in [2.75, 3.05) is 32.5 Å². The Hall–Kier alpha value is -2.87. The molecule has 0 heterocycles. The van der Waals surface area contributed by atoms with Crippen LogP contribution in [0.2, 0.25) is 0 Å². The second-order valence-corrected chi connectivity index (χ2v) is 7.43. The number of likely N-dealkylation sites (N-methyl/N-ethyl adjacent to an activating group) is 2. The lowest BCUT2D eigenvalue weighted by atomic mass is 10.1. The second kappa shape index (κ2) is 9.75. The normalized spacial score (nSPS) is 11.5. The Morgan fingerprint density at radius 3 is 2.03 bits per heavy atom. The van der Waals surface area contributed by atoms with Gasteiger partial charge in [-0.05, 0) is 49.7 Å². The minimum absolute atomic E-state index is 0.0359. The monoisotopic (exact) mass is 421 g/mol. The van der Waals surface area contributed by atoms with Crippen LogP contribution in [0.3, 0.4) is 0 Å². The van der Waals surface area contributed by atoms with E-state index in [1.165, 1.54) is 17.0 Å². The molecular weight excluding hydrogens is 395 g/mol. The van der Waals surface area contributed by atoms with Crippen LogP contribution in [0.5, 0.6) is 0 Å². The number of carbonyl (C=O) groups excluding carboxylic acids is 2. The van der Waals surface area contributed by atoms with E-state index in [0.29, 0.717) is 12.1 Å². The van der Waals surface area contributed by atoms with Gasteiger partial charge in [-0.25, -0.2) is 0 Å². The van der Waals surface area contributed by atoms with E-state index >= 15 is 0 Å². The lowest BCUT2D eigenvalue weighted by Gasteiger charge is -2.22. The summed E-state index contributed by atoms with van der Waals surface area (Å²) in [5.74, 6) is -0.560. The Morgan fingerprint density at radius 2 is 1.50 bits per heavy atom. The van der Waals surface area contributed by atoms with Crippen molar-refractivity contribution >= 4 is 17.5 Å². The fraction of sp³-hybridized carbons (Fsp3) is 0.364. The van der Waals surface area contributed by atoms with Crippen LogP contribution in [0.15, 0.2) is 42.5 Å². The number of benzene rings is 2. The lowest BCUT2D eigenvalue weighted by molar-refractivity contribution is -0.137. The van der Waals surface area contributed by atoms with Crippen LogP contribution in [0, 0.1) is 13.8 Å². The third-order valence-electron chi connectivity index (χ3n) is 4.69. The fourth-order valence-corrected chi connectivity index (χ4v) is 3.01. The molecule has 0 aliphatic carbocycles. The highest BCUT2D eigenvalue weighted by atomic mass is 19.4. The Kier molecular flexibility index (Phi) is 7.61. The first-order valence-corrected chi connectivity index (χ1v) is 9.42. The van der Waals surface area contributed by atoms with Gasteiger partial charge in [0.15, 0.2) is 0 Å². The molecule has 0 saturated heterocycles. The molecule has 0 bridgehead atoms. The van der Waals surface area contributed by atoms with Crippen molar-refractivity contribution in [3.8, 4) is 0 Å². The number of alkyl halides is 3. The molecule has 2 aromatic carbocycles. The number of nitrogens with one attached hydrogen (secondary N) is 1. The highest BCUT2D eigenvalue weighted by Crippen LogP contribution is 2.29. The Labute approximate surface area is 174 Å². The van der Waals surface area contributed by atoms with E-state index in [-0.39, 0.29) is 24.9 Å². The molecule has 0 aliphatic rings. The number of para-hydroxylation sites is 1. The average molecular weight is 421 g/mol. The number of anilines is 1. The van der Waals surface area contributed by atoms with E-state index in [9.17, 15) is 22.8 Å². The summed E-state index contributed by atoms with van der Waals surface area (Å²) in [5.41, 5.74) is 2.57. The van der Waals surface area contributed by atoms with E-state index in [1.807, 2.05) is 32.0 Å². The summed E-state index contributed by atoms with van der Waals surface area (Å²) in [6, 6.07) is 10.5. The molecule has 0 radical (unpaired) electrons. The van der Waals surface area contributed by atoms with Crippen molar-refractivity contribution in [3.05, 3.63) is 64.7 Å². The van der Waals surface area contributed by atoms with E-state index in [4.69, 9.17) is 0 Å². The molecule has 2 amide bonds. The van der Waals surface area contributed by atoms with Gasteiger partial charge in [0.25, 0.3) is 0 Å². The number of hydrogen-bond acceptors (Lipinski definition) is 3. The predicted octanol–water partition coefficient (Wildman–Crippen LogP) is 3.85. The van der Waals surface area contributed by atoms with Crippen molar-refractivity contribution in [3.63, 3.8) is 0 Å². The summed E-state index contributed by atoms with van der Waals surface area (Å²) < 4.78 is 37.9. The molecule has 0 spiro atoms. The van der Waals surface area contributed by atoms with Gasteiger partial charge in [-0.2, -0.15) is 13.2 Å². The van der Waals surface area contributed by atoms with Crippen LogP contribution in [0.4, 0.5) is 18.9 Å². The van der Waals surface area contributed by atoms with Crippen LogP contribution in [-0.4, -0.2) is 48.8 Å². The zero-order chi connectivity index (χ0) is 22.5. The van der Waals surface area contributed by atoms with Crippen LogP contribution < -0.4 is 5.32 Å². The number of rotatable bonds is 7. The summed E-state index contributed by atoms with van der Waals surface area (Å²) >= 11 is 0. The van der Waals surface area contributed by atoms with Crippen molar-refractivity contribution in [1.29, 1.82) is 0 Å². The lowest BCUT2D eigenvalue weighted by Crippen LogP contribution is -2.40. The molecule has 162 valence electrons. The van der Waals surface area contributed by atoms with Crippen LogP contribution in [0.1, 0.15) is 22.3 Å². The van der Waals surface area contributed by atoms with E-state index < -0.39 is 11.7 Å². The first-order chi connectivity index (χ1) is 14.0. The summed E-state index contributed by atoms with van der Waals surface area (Å²) in [5, 5.41) is 2.84. The third kappa shape index (κ3) is 6.59. The van der Waals surface area contributed by atoms with Crippen molar-refractivity contribution < 1.29 is 22.8 Å². The Morgan fingerprint density at radius 1 is 0.933 bits per heavy atom. The second-order valence-electron chi connectivity index (χ2n) is 7.43. The van der Waals surface area contributed by atoms with Crippen molar-refractivity contribution in [1.82, 2.24) is 9.80 Å². The highest BCUT2D eigenvalue weighted by Gasteiger charge is 2.30. The van der Waals surface area contributed by atoms with Gasteiger partial charge in [0, 0.05) is 19.3 Å². The topological polar surface area (TPSA) is 52.7 Å². The minimum Gasteiger partial charge on any atom is -0.335 e. The number of halogens is 3. The Balaban J connectivity index is 1.86. The maximum absolute atomic E-state index is 12.6. The molecule has 30 heavy (non-hydrogen) atoms. The molecule has 0 unspecified atom stereocenters. The molecule has 0 aromatic heterocycles. The van der Waals surface area contributed by atoms with Gasteiger partial charge in [0.05, 0.1) is 18.7 Å². The first-order valence-electron chi connectivity index (χ1n) is 9.42. The van der Waals surface area contributed by atoms with E-state index in [2.05, 4.69) is 5.32 Å². The smallest absolute Gasteiger partial charge is 0.335 e. The van der Waals surface area contributed by atoms with Crippen LogP contribution >= 0.6 is 0 Å². The van der Waals surface area contributed by atoms with Crippen molar-refractivity contribution in [2.45, 2.75) is 26.6 Å². The van der Waals surface area contributed by atoms with Gasteiger partial charge < -0.3 is 10.2 Å². The molecule has 0 fully saturated rings. The van der Waals surface area contributed by atoms with E-state index in [0.717, 1.165) is 28.9 Å². The number of hydrogen-bond donors (Lipinski definition) is 1. The number of aryl methyl sites for hydroxylation is 2. The molecule has 0 saturated carbocycles. The molecule has 2 aromatic rings. The van der Waals surface area contributed by atoms with Gasteiger partial charge in [-0.15, -0.1) is 0 Å². The van der Waals surface area contributed by atoms with Crippen LogP contribution in [0.25, 0.3) is 0 Å². The quantitative estimate of drug-likeness (QED) is 0.739. The molecule has 5 nitrogen and oxygen atoms in total. The summed E-state index contributed by atoms with van der Waals surface area (Å²) in [6.07, 6.45) is -4.37. The largest absolute Gasteiger partial charge is 0.416 e. The molecule has 2 rings (SSSR count). The molecule has 8 heteroatoms. The third-order valence-corrected chi connectivity index (χ3v) is 4.69. The zero-order valence-electron chi connectivity index (χ0n) is 17.5. The summed E-state index contributed by atoms with van der Waals surface area (Å²) in [6.45, 7) is 4.04. The summed E-state index contributed by atoms with van der Waals surface area (Å²) in [7, 11) is 3.23. The maximum atomic E-state index is 12.6. The van der Waals surface area contributed by atoms with Gasteiger partial charge in [-0.3, -0.25) is 14.5 Å². The Bertz CT molecular complexity index is 875. The minimum atomic E-state index is -4.37. The first kappa shape index (κ1) is 23.4. The van der Waals surface area contributed by atoms with Gasteiger partial charge in [0.2, 0.25) is 11.8 Å². The predicted molar refractivity (Wildman–Crippen MR) is 110 cm³/mol. The van der Waals surface area contributed by atoms with Gasteiger partial charge in [0.1, 0.15) is 0 Å². The van der Waals surface area contributed by atoms with Crippen LogP contribution in [-0.2, 0) is 22.3 Å². The fourth-order valence-electron chi connectivity index (χ4n) is 3.01. The molecule has 0 aliphatic heterocycles. The number of amides is 2. The van der Waals surface area contributed by atoms with E-state index in [1.54, 1.807) is 19.0 Å². The summed E-state index contributed by atoms with van der Waals surface area (Å²) in [4.78, 5) is 27.7. The molecular formula is C22H26F3N3O2. The standard InChI is InChI=1S/C22H26F3N3O2/c1-15-6-5-7-16(2)21(15)26-19(29)13-28(4)20(30)14-27(3)12-17-8-10-18(11-9-17)22(23,24)25/h5-11H,12-14H2,1-4H3,(H,26,29). The van der Waals surface area contributed by atoms with Gasteiger partial charge in [-0.1, -0.05) is 30.3 Å². The zero-order valence-corrected chi connectivity index (χ0v) is 17.5. The van der Waals surface area contributed by atoms with Crippen molar-refractivity contribution in [2.24, 2.45) is 0 Å².